The summed E-state index contributed by atoms with van der Waals surface area (Å²) in [5.41, 5.74) is 8.77. The zero-order valence-electron chi connectivity index (χ0n) is 21.3. The van der Waals surface area contributed by atoms with Crippen LogP contribution in [0.2, 0.25) is 0 Å². The number of halogens is 3. The summed E-state index contributed by atoms with van der Waals surface area (Å²) in [5, 5.41) is 0.460. The first-order valence-corrected chi connectivity index (χ1v) is 14.5. The van der Waals surface area contributed by atoms with Crippen LogP contribution in [0.3, 0.4) is 0 Å². The first-order valence-electron chi connectivity index (χ1n) is 12.4. The van der Waals surface area contributed by atoms with Crippen molar-refractivity contribution in [3.05, 3.63) is 89.1 Å². The van der Waals surface area contributed by atoms with E-state index in [1.807, 2.05) is 66.7 Å². The number of esters is 1. The van der Waals surface area contributed by atoms with Crippen LogP contribution in [0, 0.1) is 5.92 Å². The molecule has 0 saturated carbocycles. The van der Waals surface area contributed by atoms with Gasteiger partial charge in [0.2, 0.25) is 9.70 Å². The number of nitrogens with two attached hydrogens (primary N) is 1. The first kappa shape index (κ1) is 28.8. The van der Waals surface area contributed by atoms with E-state index in [0.29, 0.717) is 11.3 Å². The topological polar surface area (TPSA) is 98.9 Å². The molecule has 3 atom stereocenters. The van der Waals surface area contributed by atoms with Crippen LogP contribution in [0.25, 0.3) is 10.8 Å². The van der Waals surface area contributed by atoms with Crippen molar-refractivity contribution in [3.8, 4) is 5.75 Å². The van der Waals surface area contributed by atoms with Crippen LogP contribution >= 0.6 is 46.6 Å². The Hall–Kier alpha value is -2.75. The molecule has 1 saturated heterocycles. The van der Waals surface area contributed by atoms with Crippen molar-refractivity contribution in [1.82, 2.24) is 4.90 Å². The van der Waals surface area contributed by atoms with Crippen LogP contribution in [-0.2, 0) is 32.0 Å². The number of carbonyl (C=O) groups excluding carboxylic acids is 3. The van der Waals surface area contributed by atoms with Gasteiger partial charge in [0.05, 0.1) is 12.5 Å². The minimum absolute atomic E-state index is 0.0147. The number of ketones is 1. The van der Waals surface area contributed by atoms with Crippen molar-refractivity contribution < 1.29 is 23.9 Å². The Morgan fingerprint density at radius 3 is 2.35 bits per heavy atom. The molecular weight excluding hydrogens is 595 g/mol. The van der Waals surface area contributed by atoms with Crippen LogP contribution in [-0.4, -0.2) is 50.8 Å². The molecule has 40 heavy (non-hydrogen) atoms. The number of fused-ring (bicyclic) bond motifs is 2. The lowest BCUT2D eigenvalue weighted by molar-refractivity contribution is -0.158. The van der Waals surface area contributed by atoms with E-state index in [1.165, 1.54) is 16.7 Å². The summed E-state index contributed by atoms with van der Waals surface area (Å²) in [7, 11) is 1.60. The molecule has 208 valence electrons. The number of hydrogen-bond acceptors (Lipinski definition) is 7. The number of β-lactam (4-membered cyclic amide) rings is 1. The van der Waals surface area contributed by atoms with E-state index in [1.54, 1.807) is 7.11 Å². The van der Waals surface area contributed by atoms with E-state index in [4.69, 9.17) is 50.0 Å². The summed E-state index contributed by atoms with van der Waals surface area (Å²) >= 11 is 18.7. The lowest BCUT2D eigenvalue weighted by Crippen LogP contribution is -2.65. The molecule has 1 fully saturated rings. The van der Waals surface area contributed by atoms with E-state index in [0.717, 1.165) is 21.9 Å². The average molecular weight is 620 g/mol. The fraction of sp³-hybridized carbons (Fsp3) is 0.276. The molecule has 0 aliphatic carbocycles. The van der Waals surface area contributed by atoms with Crippen molar-refractivity contribution in [2.24, 2.45) is 11.7 Å². The highest BCUT2D eigenvalue weighted by Gasteiger charge is 2.58. The van der Waals surface area contributed by atoms with Crippen molar-refractivity contribution in [3.63, 3.8) is 0 Å². The van der Waals surface area contributed by atoms with E-state index in [9.17, 15) is 14.4 Å². The molecule has 3 aromatic rings. The molecule has 2 heterocycles. The summed E-state index contributed by atoms with van der Waals surface area (Å²) in [6.07, 6.45) is 0.342. The van der Waals surface area contributed by atoms with Crippen molar-refractivity contribution >= 4 is 75.0 Å². The normalized spacial score (nSPS) is 20.7. The number of ether oxygens (including phenoxy) is 2. The summed E-state index contributed by atoms with van der Waals surface area (Å²) in [4.78, 5) is 41.4. The third-order valence-electron chi connectivity index (χ3n) is 6.92. The number of rotatable bonds is 8. The maximum atomic E-state index is 13.5. The minimum atomic E-state index is -1.85. The minimum Gasteiger partial charge on any atom is -0.496 e. The molecular formula is C29H25Cl3N2O5S. The van der Waals surface area contributed by atoms with Gasteiger partial charge in [-0.1, -0.05) is 95.5 Å². The third-order valence-corrected chi connectivity index (χ3v) is 8.59. The number of alkyl halides is 3. The van der Waals surface area contributed by atoms with Gasteiger partial charge in [0, 0.05) is 11.8 Å². The molecule has 2 aliphatic rings. The molecule has 5 rings (SSSR count). The number of hydrogen-bond donors (Lipinski definition) is 1. The molecule has 11 heteroatoms. The van der Waals surface area contributed by atoms with Crippen molar-refractivity contribution in [2.45, 2.75) is 27.4 Å². The van der Waals surface area contributed by atoms with Gasteiger partial charge in [-0.05, 0) is 34.6 Å². The monoisotopic (exact) mass is 618 g/mol. The van der Waals surface area contributed by atoms with Crippen LogP contribution in [0.4, 0.5) is 0 Å². The Labute approximate surface area is 250 Å². The Morgan fingerprint density at radius 1 is 1.00 bits per heavy atom. The smallest absolute Gasteiger partial charge is 0.355 e. The number of amides is 1. The number of methoxy groups -OCH3 is 1. The lowest BCUT2D eigenvalue weighted by Gasteiger charge is -2.50. The molecule has 2 aliphatic heterocycles. The molecule has 0 bridgehead atoms. The lowest BCUT2D eigenvalue weighted by atomic mass is 9.87. The molecule has 2 N–H and O–H groups in total. The molecule has 7 nitrogen and oxygen atoms in total. The number of carbonyl (C=O) groups is 3. The Balaban J connectivity index is 1.51. The van der Waals surface area contributed by atoms with E-state index < -0.39 is 38.9 Å². The number of thioether (sulfide) groups is 1. The Morgan fingerprint density at radius 2 is 1.68 bits per heavy atom. The SMILES string of the molecule is COc1ccc(CC2=C(C(=O)OCC(Cl)(Cl)Cl)N3C(=O)[C@@H](C(=O)Cc4ccccc4)[C@H]3SC2N)c2ccccc12. The highest BCUT2D eigenvalue weighted by Crippen LogP contribution is 2.48. The van der Waals surface area contributed by atoms with Gasteiger partial charge in [-0.3, -0.25) is 14.5 Å². The van der Waals surface area contributed by atoms with E-state index in [-0.39, 0.29) is 24.3 Å². The van der Waals surface area contributed by atoms with Gasteiger partial charge < -0.3 is 15.2 Å². The van der Waals surface area contributed by atoms with Gasteiger partial charge in [0.1, 0.15) is 29.3 Å². The first-order chi connectivity index (χ1) is 19.1. The summed E-state index contributed by atoms with van der Waals surface area (Å²) < 4.78 is 8.99. The second-order valence-electron chi connectivity index (χ2n) is 9.48. The Bertz CT molecular complexity index is 1510. The fourth-order valence-corrected chi connectivity index (χ4v) is 6.65. The maximum absolute atomic E-state index is 13.5. The molecule has 0 radical (unpaired) electrons. The molecule has 1 unspecified atom stereocenters. The van der Waals surface area contributed by atoms with Gasteiger partial charge in [0.25, 0.3) is 0 Å². The number of Topliss-reactive ketones (excluding diaryl/α,β-unsaturated/α-hetero) is 1. The van der Waals surface area contributed by atoms with Crippen molar-refractivity contribution in [2.75, 3.05) is 13.7 Å². The summed E-state index contributed by atoms with van der Waals surface area (Å²) in [5.74, 6) is -1.80. The number of benzene rings is 3. The van der Waals surface area contributed by atoms with Crippen LogP contribution in [0.5, 0.6) is 5.75 Å². The van der Waals surface area contributed by atoms with Gasteiger partial charge in [0.15, 0.2) is 5.78 Å². The average Bonchev–Trinajstić information content (AvgIpc) is 2.92. The van der Waals surface area contributed by atoms with Crippen LogP contribution in [0.15, 0.2) is 78.0 Å². The largest absolute Gasteiger partial charge is 0.496 e. The van der Waals surface area contributed by atoms with Gasteiger partial charge in [-0.25, -0.2) is 4.79 Å². The fourth-order valence-electron chi connectivity index (χ4n) is 5.07. The molecule has 1 amide bonds. The van der Waals surface area contributed by atoms with E-state index >= 15 is 0 Å². The van der Waals surface area contributed by atoms with E-state index in [2.05, 4.69) is 0 Å². The summed E-state index contributed by atoms with van der Waals surface area (Å²) in [6.45, 7) is -0.524. The second kappa shape index (κ2) is 11.6. The molecule has 0 aromatic heterocycles. The zero-order chi connectivity index (χ0) is 28.6. The van der Waals surface area contributed by atoms with Crippen molar-refractivity contribution in [1.29, 1.82) is 0 Å². The Kier molecular flexibility index (Phi) is 8.36. The molecule has 3 aromatic carbocycles. The van der Waals surface area contributed by atoms with Gasteiger partial charge >= 0.3 is 5.97 Å². The van der Waals surface area contributed by atoms with Gasteiger partial charge in [-0.15, -0.1) is 11.8 Å². The quantitative estimate of drug-likeness (QED) is 0.160. The van der Waals surface area contributed by atoms with Crippen LogP contribution in [0.1, 0.15) is 11.1 Å². The number of nitrogens with zero attached hydrogens (tertiary/aromatic N) is 1. The maximum Gasteiger partial charge on any atom is 0.355 e. The van der Waals surface area contributed by atoms with Crippen LogP contribution < -0.4 is 10.5 Å². The predicted molar refractivity (Wildman–Crippen MR) is 157 cm³/mol. The predicted octanol–water partition coefficient (Wildman–Crippen LogP) is 5.19. The standard InChI is InChI=1S/C29H25Cl3N2O5S/c1-38-22-12-11-17(18-9-5-6-10-19(18)22)14-20-24(28(37)39-15-29(30,31)32)34-26(36)23(27(34)40-25(20)33)21(35)13-16-7-3-2-4-8-16/h2-12,23,25,27H,13-15,33H2,1H3/t23-,25?,27-/m1/s1. The second-order valence-corrected chi connectivity index (χ2v) is 13.3. The summed E-state index contributed by atoms with van der Waals surface area (Å²) in [6, 6.07) is 20.6. The highest BCUT2D eigenvalue weighted by molar-refractivity contribution is 8.00. The molecule has 0 spiro atoms. The van der Waals surface area contributed by atoms with Gasteiger partial charge in [-0.2, -0.15) is 0 Å². The zero-order valence-corrected chi connectivity index (χ0v) is 24.4. The third kappa shape index (κ3) is 5.69. The highest BCUT2D eigenvalue weighted by atomic mass is 35.6.